The van der Waals surface area contributed by atoms with E-state index in [2.05, 4.69) is 10.2 Å². The van der Waals surface area contributed by atoms with E-state index in [1.54, 1.807) is 21.0 Å². The first-order valence-electron chi connectivity index (χ1n) is 5.07. The molecule has 0 saturated heterocycles. The van der Waals surface area contributed by atoms with Crippen molar-refractivity contribution in [3.63, 3.8) is 0 Å². The van der Waals surface area contributed by atoms with Gasteiger partial charge in [-0.1, -0.05) is 11.8 Å². The Kier molecular flexibility index (Phi) is 4.54. The van der Waals surface area contributed by atoms with Crippen LogP contribution in [-0.2, 0) is 9.59 Å². The van der Waals surface area contributed by atoms with Crippen LogP contribution in [0.5, 0.6) is 0 Å². The number of carboxylic acids is 1. The highest BCUT2D eigenvalue weighted by Gasteiger charge is 2.23. The number of aromatic amines is 1. The van der Waals surface area contributed by atoms with E-state index in [1.807, 2.05) is 0 Å². The van der Waals surface area contributed by atoms with Crippen LogP contribution in [0.3, 0.4) is 0 Å². The Balaban J connectivity index is 3.00. The average Bonchev–Trinajstić information content (AvgIpc) is 2.65. The van der Waals surface area contributed by atoms with E-state index in [-0.39, 0.29) is 16.8 Å². The molecular formula is C9H14N4O4S. The monoisotopic (exact) mass is 274 g/mol. The van der Waals surface area contributed by atoms with Crippen molar-refractivity contribution >= 4 is 23.6 Å². The summed E-state index contributed by atoms with van der Waals surface area (Å²) in [4.78, 5) is 35.2. The van der Waals surface area contributed by atoms with Crippen LogP contribution in [0.25, 0.3) is 0 Å². The van der Waals surface area contributed by atoms with Gasteiger partial charge in [-0.2, -0.15) is 0 Å². The first kappa shape index (κ1) is 14.3. The maximum atomic E-state index is 11.8. The molecule has 0 aliphatic carbocycles. The molecule has 0 aliphatic heterocycles. The predicted octanol–water partition coefficient (Wildman–Crippen LogP) is -0.603. The van der Waals surface area contributed by atoms with E-state index in [4.69, 9.17) is 5.11 Å². The summed E-state index contributed by atoms with van der Waals surface area (Å²) in [5.74, 6) is -1.52. The number of likely N-dealkylation sites (N-methyl/N-ethyl adjacent to an activating group) is 1. The fourth-order valence-electron chi connectivity index (χ4n) is 1.34. The lowest BCUT2D eigenvalue weighted by molar-refractivity contribution is -0.134. The topological polar surface area (TPSA) is 108 Å². The van der Waals surface area contributed by atoms with Crippen molar-refractivity contribution in [3.05, 3.63) is 10.5 Å². The highest BCUT2D eigenvalue weighted by Crippen LogP contribution is 2.17. The molecule has 1 atom stereocenters. The number of carbonyl (C=O) groups excluding carboxylic acids is 1. The van der Waals surface area contributed by atoms with Crippen molar-refractivity contribution in [1.82, 2.24) is 19.7 Å². The summed E-state index contributed by atoms with van der Waals surface area (Å²) in [5, 5.41) is 14.7. The minimum absolute atomic E-state index is 0.185. The van der Waals surface area contributed by atoms with Gasteiger partial charge in [-0.3, -0.25) is 14.2 Å². The van der Waals surface area contributed by atoms with E-state index in [0.717, 1.165) is 16.3 Å². The SMILES string of the molecule is CC(C(=O)N(C)C)n1c(SCC(=O)O)n[nH]c1=O. The molecule has 1 amide bonds. The van der Waals surface area contributed by atoms with Crippen molar-refractivity contribution in [2.24, 2.45) is 0 Å². The quantitative estimate of drug-likeness (QED) is 0.694. The molecule has 1 aromatic rings. The number of nitrogens with one attached hydrogen (secondary N) is 1. The fraction of sp³-hybridized carbons (Fsp3) is 0.556. The Labute approximate surface area is 107 Å². The molecule has 0 saturated carbocycles. The molecule has 8 nitrogen and oxygen atoms in total. The molecule has 100 valence electrons. The third kappa shape index (κ3) is 3.13. The first-order chi connectivity index (χ1) is 8.34. The zero-order chi connectivity index (χ0) is 13.9. The molecule has 1 aromatic heterocycles. The molecule has 18 heavy (non-hydrogen) atoms. The first-order valence-corrected chi connectivity index (χ1v) is 6.05. The normalized spacial score (nSPS) is 12.2. The van der Waals surface area contributed by atoms with Gasteiger partial charge in [0.15, 0.2) is 5.16 Å². The standard InChI is InChI=1S/C9H14N4O4S/c1-5(7(16)12(2)3)13-8(17)10-11-9(13)18-4-6(14)15/h5H,4H2,1-3H3,(H,10,17)(H,14,15). The lowest BCUT2D eigenvalue weighted by atomic mass is 10.3. The summed E-state index contributed by atoms with van der Waals surface area (Å²) in [6, 6.07) is -0.734. The van der Waals surface area contributed by atoms with Gasteiger partial charge in [-0.25, -0.2) is 9.89 Å². The maximum absolute atomic E-state index is 11.8. The van der Waals surface area contributed by atoms with Crippen molar-refractivity contribution in [1.29, 1.82) is 0 Å². The smallest absolute Gasteiger partial charge is 0.344 e. The second kappa shape index (κ2) is 5.71. The number of aliphatic carboxylic acids is 1. The van der Waals surface area contributed by atoms with Gasteiger partial charge in [0, 0.05) is 14.1 Å². The molecule has 0 bridgehead atoms. The maximum Gasteiger partial charge on any atom is 0.344 e. The molecule has 2 N–H and O–H groups in total. The minimum atomic E-state index is -1.02. The van der Waals surface area contributed by atoms with Gasteiger partial charge >= 0.3 is 11.7 Å². The van der Waals surface area contributed by atoms with Crippen LogP contribution in [0, 0.1) is 0 Å². The molecule has 1 rings (SSSR count). The molecule has 0 spiro atoms. The zero-order valence-electron chi connectivity index (χ0n) is 10.2. The number of thioether (sulfide) groups is 1. The van der Waals surface area contributed by atoms with Crippen molar-refractivity contribution < 1.29 is 14.7 Å². The van der Waals surface area contributed by atoms with Crippen LogP contribution < -0.4 is 5.69 Å². The Bertz CT molecular complexity index is 507. The van der Waals surface area contributed by atoms with Gasteiger partial charge in [-0.05, 0) is 6.92 Å². The summed E-state index contributed by atoms with van der Waals surface area (Å²) in [7, 11) is 3.15. The summed E-state index contributed by atoms with van der Waals surface area (Å²) in [5.41, 5.74) is -0.536. The number of nitrogens with zero attached hydrogens (tertiary/aromatic N) is 3. The molecule has 1 unspecified atom stereocenters. The number of aromatic nitrogens is 3. The van der Waals surface area contributed by atoms with Gasteiger partial charge < -0.3 is 10.0 Å². The Morgan fingerprint density at radius 2 is 2.17 bits per heavy atom. The van der Waals surface area contributed by atoms with Crippen molar-refractivity contribution in [2.45, 2.75) is 18.1 Å². The second-order valence-corrected chi connectivity index (χ2v) is 4.71. The van der Waals surface area contributed by atoms with E-state index in [0.29, 0.717) is 0 Å². The summed E-state index contributed by atoms with van der Waals surface area (Å²) in [6.45, 7) is 1.56. The van der Waals surface area contributed by atoms with Crippen molar-refractivity contribution in [3.8, 4) is 0 Å². The highest BCUT2D eigenvalue weighted by molar-refractivity contribution is 7.99. The molecule has 0 radical (unpaired) electrons. The van der Waals surface area contributed by atoms with Gasteiger partial charge in [-0.15, -0.1) is 5.10 Å². The van der Waals surface area contributed by atoms with Gasteiger partial charge in [0.1, 0.15) is 6.04 Å². The number of carbonyl (C=O) groups is 2. The third-order valence-electron chi connectivity index (χ3n) is 2.18. The fourth-order valence-corrected chi connectivity index (χ4v) is 2.09. The lowest BCUT2D eigenvalue weighted by Crippen LogP contribution is -2.34. The molecule has 0 aromatic carbocycles. The Hall–Kier alpha value is -1.77. The number of hydrogen-bond donors (Lipinski definition) is 2. The van der Waals surface area contributed by atoms with Crippen molar-refractivity contribution in [2.75, 3.05) is 19.8 Å². The van der Waals surface area contributed by atoms with E-state index in [9.17, 15) is 14.4 Å². The van der Waals surface area contributed by atoms with Crippen LogP contribution >= 0.6 is 11.8 Å². The molecule has 1 heterocycles. The zero-order valence-corrected chi connectivity index (χ0v) is 11.0. The number of H-pyrrole nitrogens is 1. The van der Waals surface area contributed by atoms with Gasteiger partial charge in [0.2, 0.25) is 5.91 Å². The van der Waals surface area contributed by atoms with Crippen LogP contribution in [0.15, 0.2) is 9.95 Å². The minimum Gasteiger partial charge on any atom is -0.481 e. The predicted molar refractivity (Wildman–Crippen MR) is 64.6 cm³/mol. The third-order valence-corrected chi connectivity index (χ3v) is 3.12. The van der Waals surface area contributed by atoms with Crippen LogP contribution in [0.1, 0.15) is 13.0 Å². The number of rotatable bonds is 5. The number of amides is 1. The Morgan fingerprint density at radius 1 is 1.56 bits per heavy atom. The summed E-state index contributed by atoms with van der Waals surface area (Å²) < 4.78 is 1.15. The second-order valence-electron chi connectivity index (χ2n) is 3.77. The average molecular weight is 274 g/mol. The molecule has 0 aliphatic rings. The highest BCUT2D eigenvalue weighted by atomic mass is 32.2. The van der Waals surface area contributed by atoms with Crippen LogP contribution in [0.2, 0.25) is 0 Å². The summed E-state index contributed by atoms with van der Waals surface area (Å²) >= 11 is 0.884. The molecule has 9 heteroatoms. The lowest BCUT2D eigenvalue weighted by Gasteiger charge is -2.17. The van der Waals surface area contributed by atoms with Gasteiger partial charge in [0.05, 0.1) is 5.75 Å². The van der Waals surface area contributed by atoms with Crippen LogP contribution in [-0.4, -0.2) is 56.5 Å². The number of carboxylic acid groups (broad SMARTS) is 1. The van der Waals surface area contributed by atoms with Crippen LogP contribution in [0.4, 0.5) is 0 Å². The largest absolute Gasteiger partial charge is 0.481 e. The van der Waals surface area contributed by atoms with Gasteiger partial charge in [0.25, 0.3) is 0 Å². The molecule has 0 fully saturated rings. The van der Waals surface area contributed by atoms with E-state index >= 15 is 0 Å². The molecular weight excluding hydrogens is 260 g/mol. The van der Waals surface area contributed by atoms with E-state index in [1.165, 1.54) is 4.90 Å². The summed E-state index contributed by atoms with van der Waals surface area (Å²) in [6.07, 6.45) is 0. The number of hydrogen-bond acceptors (Lipinski definition) is 5. The Morgan fingerprint density at radius 3 is 2.67 bits per heavy atom. The van der Waals surface area contributed by atoms with E-state index < -0.39 is 17.7 Å².